The highest BCUT2D eigenvalue weighted by atomic mass is 79.9. The summed E-state index contributed by atoms with van der Waals surface area (Å²) in [4.78, 5) is 1.03. The maximum atomic E-state index is 12.4. The van der Waals surface area contributed by atoms with Gasteiger partial charge in [0.05, 0.1) is 3.79 Å². The summed E-state index contributed by atoms with van der Waals surface area (Å²) >= 11 is 4.69. The first-order chi connectivity index (χ1) is 9.92. The highest BCUT2D eigenvalue weighted by Crippen LogP contribution is 2.30. The van der Waals surface area contributed by atoms with Gasteiger partial charge in [0.1, 0.15) is 4.90 Å². The highest BCUT2D eigenvalue weighted by Gasteiger charge is 2.19. The quantitative estimate of drug-likeness (QED) is 0.793. The van der Waals surface area contributed by atoms with E-state index >= 15 is 0 Å². The first-order valence-electron chi connectivity index (χ1n) is 6.41. The van der Waals surface area contributed by atoms with E-state index in [2.05, 4.69) is 20.7 Å². The standard InChI is InChI=1S/C14H16BrNO3S2/c1-10-13(9-14(15)20-10)21(18,19)16-12-6-2-4-11(8-12)5-3-7-17/h2,4,6,8-9,16-17H,3,5,7H2,1H3. The molecule has 0 atom stereocenters. The summed E-state index contributed by atoms with van der Waals surface area (Å²) in [5.41, 5.74) is 1.53. The molecule has 0 aliphatic carbocycles. The van der Waals surface area contributed by atoms with E-state index in [0.717, 1.165) is 20.6 Å². The fourth-order valence-corrected chi connectivity index (χ4v) is 5.45. The zero-order valence-electron chi connectivity index (χ0n) is 11.5. The van der Waals surface area contributed by atoms with E-state index in [9.17, 15) is 8.42 Å². The Bertz CT molecular complexity index is 726. The van der Waals surface area contributed by atoms with Gasteiger partial charge in [0.15, 0.2) is 0 Å². The van der Waals surface area contributed by atoms with Crippen molar-refractivity contribution in [1.82, 2.24) is 0 Å². The monoisotopic (exact) mass is 389 g/mol. The Morgan fingerprint density at radius 2 is 2.10 bits per heavy atom. The molecule has 0 saturated heterocycles. The molecule has 0 spiro atoms. The topological polar surface area (TPSA) is 66.4 Å². The number of nitrogens with one attached hydrogen (secondary N) is 1. The van der Waals surface area contributed by atoms with Crippen LogP contribution in [0.3, 0.4) is 0 Å². The smallest absolute Gasteiger partial charge is 0.263 e. The predicted molar refractivity (Wildman–Crippen MR) is 89.4 cm³/mol. The Morgan fingerprint density at radius 3 is 2.71 bits per heavy atom. The van der Waals surface area contributed by atoms with Crippen LogP contribution in [0.4, 0.5) is 5.69 Å². The third kappa shape index (κ3) is 4.29. The van der Waals surface area contributed by atoms with E-state index < -0.39 is 10.0 Å². The largest absolute Gasteiger partial charge is 0.396 e. The zero-order valence-corrected chi connectivity index (χ0v) is 14.7. The fraction of sp³-hybridized carbons (Fsp3) is 0.286. The molecule has 0 bridgehead atoms. The average molecular weight is 390 g/mol. The van der Waals surface area contributed by atoms with E-state index in [1.54, 1.807) is 31.2 Å². The van der Waals surface area contributed by atoms with Gasteiger partial charge in [0.25, 0.3) is 10.0 Å². The van der Waals surface area contributed by atoms with Gasteiger partial charge < -0.3 is 5.11 Å². The van der Waals surface area contributed by atoms with Crippen LogP contribution in [0.1, 0.15) is 16.9 Å². The molecule has 0 aliphatic rings. The molecule has 21 heavy (non-hydrogen) atoms. The Morgan fingerprint density at radius 1 is 1.33 bits per heavy atom. The second-order valence-corrected chi connectivity index (χ2v) is 8.89. The molecule has 0 radical (unpaired) electrons. The molecule has 114 valence electrons. The lowest BCUT2D eigenvalue weighted by Crippen LogP contribution is -2.13. The number of aliphatic hydroxyl groups is 1. The van der Waals surface area contributed by atoms with Crippen LogP contribution in [-0.2, 0) is 16.4 Å². The summed E-state index contributed by atoms with van der Waals surface area (Å²) in [5, 5.41) is 8.85. The molecular formula is C14H16BrNO3S2. The van der Waals surface area contributed by atoms with Gasteiger partial charge in [0, 0.05) is 17.2 Å². The predicted octanol–water partition coefficient (Wildman–Crippen LogP) is 3.54. The number of hydrogen-bond donors (Lipinski definition) is 2. The minimum Gasteiger partial charge on any atom is -0.396 e. The van der Waals surface area contributed by atoms with Crippen molar-refractivity contribution >= 4 is 43.0 Å². The maximum Gasteiger partial charge on any atom is 0.263 e. The van der Waals surface area contributed by atoms with Crippen LogP contribution in [-0.4, -0.2) is 20.1 Å². The number of sulfonamides is 1. The lowest BCUT2D eigenvalue weighted by molar-refractivity contribution is 0.288. The van der Waals surface area contributed by atoms with Crippen molar-refractivity contribution in [2.24, 2.45) is 0 Å². The van der Waals surface area contributed by atoms with Gasteiger partial charge in [-0.25, -0.2) is 8.42 Å². The first-order valence-corrected chi connectivity index (χ1v) is 9.50. The molecule has 0 fully saturated rings. The molecular weight excluding hydrogens is 374 g/mol. The van der Waals surface area contributed by atoms with Crippen molar-refractivity contribution in [3.05, 3.63) is 44.6 Å². The number of rotatable bonds is 6. The molecule has 1 aromatic heterocycles. The Kier molecular flexibility index (Phi) is 5.43. The van der Waals surface area contributed by atoms with Gasteiger partial charge in [-0.3, -0.25) is 4.72 Å². The van der Waals surface area contributed by atoms with Crippen LogP contribution >= 0.6 is 27.3 Å². The summed E-state index contributed by atoms with van der Waals surface area (Å²) in [7, 11) is -3.58. The lowest BCUT2D eigenvalue weighted by Gasteiger charge is -2.09. The van der Waals surface area contributed by atoms with E-state index in [1.807, 2.05) is 6.07 Å². The van der Waals surface area contributed by atoms with E-state index in [4.69, 9.17) is 5.11 Å². The van der Waals surface area contributed by atoms with Crippen molar-refractivity contribution in [3.63, 3.8) is 0 Å². The minimum absolute atomic E-state index is 0.123. The average Bonchev–Trinajstić information content (AvgIpc) is 2.76. The number of aryl methyl sites for hydroxylation is 2. The maximum absolute atomic E-state index is 12.4. The lowest BCUT2D eigenvalue weighted by atomic mass is 10.1. The molecule has 4 nitrogen and oxygen atoms in total. The third-order valence-corrected chi connectivity index (χ3v) is 6.12. The van der Waals surface area contributed by atoms with Crippen LogP contribution in [0.2, 0.25) is 0 Å². The Labute approximate surface area is 137 Å². The van der Waals surface area contributed by atoms with E-state index in [1.165, 1.54) is 11.3 Å². The summed E-state index contributed by atoms with van der Waals surface area (Å²) in [6.07, 6.45) is 1.38. The van der Waals surface area contributed by atoms with Crippen molar-refractivity contribution < 1.29 is 13.5 Å². The molecule has 7 heteroatoms. The number of aliphatic hydroxyl groups excluding tert-OH is 1. The molecule has 0 unspecified atom stereocenters. The molecule has 2 rings (SSSR count). The van der Waals surface area contributed by atoms with Crippen molar-refractivity contribution in [2.75, 3.05) is 11.3 Å². The molecule has 2 aromatic rings. The van der Waals surface area contributed by atoms with E-state index in [-0.39, 0.29) is 6.61 Å². The zero-order chi connectivity index (χ0) is 15.5. The number of thiophene rings is 1. The normalized spacial score (nSPS) is 11.6. The fourth-order valence-electron chi connectivity index (χ4n) is 1.98. The Balaban J connectivity index is 2.22. The van der Waals surface area contributed by atoms with Crippen LogP contribution in [0.25, 0.3) is 0 Å². The SMILES string of the molecule is Cc1sc(Br)cc1S(=O)(=O)Nc1cccc(CCCO)c1. The molecule has 1 heterocycles. The van der Waals surface area contributed by atoms with Crippen LogP contribution in [0, 0.1) is 6.92 Å². The van der Waals surface area contributed by atoms with Crippen molar-refractivity contribution in [3.8, 4) is 0 Å². The van der Waals surface area contributed by atoms with Gasteiger partial charge >= 0.3 is 0 Å². The first kappa shape index (κ1) is 16.5. The van der Waals surface area contributed by atoms with Crippen LogP contribution < -0.4 is 4.72 Å². The molecule has 2 N–H and O–H groups in total. The Hall–Kier alpha value is -0.890. The molecule has 0 aliphatic heterocycles. The van der Waals surface area contributed by atoms with Crippen molar-refractivity contribution in [1.29, 1.82) is 0 Å². The molecule has 1 aromatic carbocycles. The van der Waals surface area contributed by atoms with Crippen LogP contribution in [0.5, 0.6) is 0 Å². The van der Waals surface area contributed by atoms with Gasteiger partial charge in [-0.05, 0) is 59.5 Å². The summed E-state index contributed by atoms with van der Waals surface area (Å²) in [6, 6.07) is 8.85. The number of hydrogen-bond acceptors (Lipinski definition) is 4. The number of anilines is 1. The second-order valence-electron chi connectivity index (χ2n) is 4.60. The summed E-state index contributed by atoms with van der Waals surface area (Å²) < 4.78 is 28.2. The number of halogens is 1. The van der Waals surface area contributed by atoms with Gasteiger partial charge in [-0.1, -0.05) is 12.1 Å². The van der Waals surface area contributed by atoms with Crippen molar-refractivity contribution in [2.45, 2.75) is 24.7 Å². The van der Waals surface area contributed by atoms with E-state index in [0.29, 0.717) is 17.0 Å². The summed E-state index contributed by atoms with van der Waals surface area (Å²) in [6.45, 7) is 1.90. The molecule has 0 saturated carbocycles. The minimum atomic E-state index is -3.58. The van der Waals surface area contributed by atoms with Crippen LogP contribution in [0.15, 0.2) is 39.0 Å². The van der Waals surface area contributed by atoms with Gasteiger partial charge in [-0.15, -0.1) is 11.3 Å². The third-order valence-electron chi connectivity index (χ3n) is 2.93. The highest BCUT2D eigenvalue weighted by molar-refractivity contribution is 9.11. The van der Waals surface area contributed by atoms with Gasteiger partial charge in [0.2, 0.25) is 0 Å². The summed E-state index contributed by atoms with van der Waals surface area (Å²) in [5.74, 6) is 0. The molecule has 0 amide bonds. The second kappa shape index (κ2) is 6.91. The number of benzene rings is 1. The van der Waals surface area contributed by atoms with Gasteiger partial charge in [-0.2, -0.15) is 0 Å².